The fourth-order valence-corrected chi connectivity index (χ4v) is 3.56. The van der Waals surface area contributed by atoms with Gasteiger partial charge < -0.3 is 10.3 Å². The van der Waals surface area contributed by atoms with Crippen molar-refractivity contribution in [3.63, 3.8) is 0 Å². The predicted molar refractivity (Wildman–Crippen MR) is 78.1 cm³/mol. The van der Waals surface area contributed by atoms with Crippen molar-refractivity contribution in [2.75, 3.05) is 11.5 Å². The van der Waals surface area contributed by atoms with Gasteiger partial charge in [-0.25, -0.2) is 0 Å². The second kappa shape index (κ2) is 4.89. The average Bonchev–Trinajstić information content (AvgIpc) is 3.03. The van der Waals surface area contributed by atoms with Gasteiger partial charge in [-0.3, -0.25) is 0 Å². The Kier molecular flexibility index (Phi) is 3.22. The molecule has 100 valence electrons. The predicted octanol–water partition coefficient (Wildman–Crippen LogP) is 3.50. The van der Waals surface area contributed by atoms with E-state index in [0.717, 1.165) is 34.6 Å². The third-order valence-corrected chi connectivity index (χ3v) is 4.95. The van der Waals surface area contributed by atoms with E-state index in [1.807, 2.05) is 30.8 Å². The van der Waals surface area contributed by atoms with Crippen LogP contribution in [0.25, 0.3) is 11.5 Å². The number of aromatic nitrogens is 2. The van der Waals surface area contributed by atoms with E-state index in [1.54, 1.807) is 0 Å². The fourth-order valence-electron chi connectivity index (χ4n) is 2.37. The van der Waals surface area contributed by atoms with Crippen molar-refractivity contribution in [2.45, 2.75) is 31.9 Å². The number of hydrogen-bond donors (Lipinski definition) is 1. The highest BCUT2D eigenvalue weighted by molar-refractivity contribution is 7.99. The maximum absolute atomic E-state index is 5.90. The summed E-state index contributed by atoms with van der Waals surface area (Å²) in [5.41, 5.74) is 9.86. The number of benzene rings is 1. The van der Waals surface area contributed by atoms with Crippen molar-refractivity contribution in [3.8, 4) is 11.5 Å². The smallest absolute Gasteiger partial charge is 0.258 e. The number of hydrogen-bond acceptors (Lipinski definition) is 5. The van der Waals surface area contributed by atoms with Crippen molar-refractivity contribution >= 4 is 17.4 Å². The van der Waals surface area contributed by atoms with Gasteiger partial charge in [0.05, 0.1) is 5.25 Å². The molecule has 0 aliphatic carbocycles. The van der Waals surface area contributed by atoms with E-state index < -0.39 is 0 Å². The molecule has 2 heterocycles. The highest BCUT2D eigenvalue weighted by Crippen LogP contribution is 2.39. The molecule has 0 amide bonds. The molecule has 1 aliphatic heterocycles. The molecule has 0 spiro atoms. The van der Waals surface area contributed by atoms with Crippen LogP contribution in [0.2, 0.25) is 0 Å². The lowest BCUT2D eigenvalue weighted by molar-refractivity contribution is 0.421. The Bertz CT molecular complexity index is 603. The molecule has 1 atom stereocenters. The first kappa shape index (κ1) is 12.5. The Hall–Kier alpha value is -1.49. The molecule has 1 saturated heterocycles. The van der Waals surface area contributed by atoms with Crippen LogP contribution < -0.4 is 5.73 Å². The highest BCUT2D eigenvalue weighted by Gasteiger charge is 2.23. The zero-order chi connectivity index (χ0) is 13.4. The first-order chi connectivity index (χ1) is 9.15. The second-order valence-electron chi connectivity index (χ2n) is 4.97. The second-order valence-corrected chi connectivity index (χ2v) is 6.28. The molecule has 1 aromatic heterocycles. The average molecular weight is 275 g/mol. The van der Waals surface area contributed by atoms with Crippen LogP contribution in [0.3, 0.4) is 0 Å². The Labute approximate surface area is 116 Å². The van der Waals surface area contributed by atoms with Crippen molar-refractivity contribution in [2.24, 2.45) is 0 Å². The maximum Gasteiger partial charge on any atom is 0.258 e. The van der Waals surface area contributed by atoms with Crippen molar-refractivity contribution in [1.82, 2.24) is 10.1 Å². The lowest BCUT2D eigenvalue weighted by atomic mass is 10.0. The third kappa shape index (κ3) is 2.34. The number of nitrogens with zero attached hydrogens (tertiary/aromatic N) is 2. The minimum Gasteiger partial charge on any atom is -0.399 e. The summed E-state index contributed by atoms with van der Waals surface area (Å²) in [6.07, 6.45) is 2.37. The molecule has 4 nitrogen and oxygen atoms in total. The van der Waals surface area contributed by atoms with Gasteiger partial charge in [-0.2, -0.15) is 16.7 Å². The van der Waals surface area contributed by atoms with Gasteiger partial charge in [-0.15, -0.1) is 0 Å². The van der Waals surface area contributed by atoms with Crippen LogP contribution in [-0.4, -0.2) is 15.9 Å². The normalized spacial score (nSPS) is 18.9. The summed E-state index contributed by atoms with van der Waals surface area (Å²) in [4.78, 5) is 4.55. The van der Waals surface area contributed by atoms with E-state index in [1.165, 1.54) is 12.2 Å². The molecule has 1 aliphatic rings. The van der Waals surface area contributed by atoms with Crippen LogP contribution in [0.1, 0.15) is 35.0 Å². The minimum absolute atomic E-state index is 0.389. The van der Waals surface area contributed by atoms with E-state index in [0.29, 0.717) is 11.1 Å². The van der Waals surface area contributed by atoms with Gasteiger partial charge in [0, 0.05) is 11.3 Å². The summed E-state index contributed by atoms with van der Waals surface area (Å²) in [6, 6.07) is 3.87. The lowest BCUT2D eigenvalue weighted by Crippen LogP contribution is -1.94. The van der Waals surface area contributed by atoms with E-state index in [4.69, 9.17) is 10.3 Å². The van der Waals surface area contributed by atoms with Crippen LogP contribution in [-0.2, 0) is 0 Å². The Morgan fingerprint density at radius 2 is 2.21 bits per heavy atom. The molecule has 2 aromatic rings. The monoisotopic (exact) mass is 275 g/mol. The van der Waals surface area contributed by atoms with Crippen LogP contribution in [0.4, 0.5) is 5.69 Å². The van der Waals surface area contributed by atoms with Crippen LogP contribution in [0, 0.1) is 13.8 Å². The summed E-state index contributed by atoms with van der Waals surface area (Å²) in [6.45, 7) is 4.09. The molecule has 5 heteroatoms. The number of anilines is 1. The molecule has 3 rings (SSSR count). The van der Waals surface area contributed by atoms with Crippen LogP contribution >= 0.6 is 11.8 Å². The van der Waals surface area contributed by atoms with Crippen LogP contribution in [0.15, 0.2) is 16.7 Å². The maximum atomic E-state index is 5.90. The first-order valence-electron chi connectivity index (χ1n) is 6.47. The van der Waals surface area contributed by atoms with Gasteiger partial charge in [0.1, 0.15) is 0 Å². The van der Waals surface area contributed by atoms with E-state index >= 15 is 0 Å². The fraction of sp³-hybridized carbons (Fsp3) is 0.429. The van der Waals surface area contributed by atoms with Crippen molar-refractivity contribution < 1.29 is 4.52 Å². The molecule has 0 bridgehead atoms. The van der Waals surface area contributed by atoms with Crippen molar-refractivity contribution in [3.05, 3.63) is 29.1 Å². The molecule has 1 aromatic carbocycles. The molecular formula is C14H17N3OS. The summed E-state index contributed by atoms with van der Waals surface area (Å²) >= 11 is 1.90. The van der Waals surface area contributed by atoms with E-state index in [-0.39, 0.29) is 0 Å². The zero-order valence-electron chi connectivity index (χ0n) is 11.1. The van der Waals surface area contributed by atoms with Gasteiger partial charge in [0.15, 0.2) is 5.82 Å². The van der Waals surface area contributed by atoms with Gasteiger partial charge in [-0.05, 0) is 55.7 Å². The Morgan fingerprint density at radius 3 is 2.95 bits per heavy atom. The van der Waals surface area contributed by atoms with Gasteiger partial charge in [0.25, 0.3) is 5.89 Å². The number of thioether (sulfide) groups is 1. The van der Waals surface area contributed by atoms with Crippen LogP contribution in [0.5, 0.6) is 0 Å². The Morgan fingerprint density at radius 1 is 1.37 bits per heavy atom. The summed E-state index contributed by atoms with van der Waals surface area (Å²) in [5.74, 6) is 2.58. The van der Waals surface area contributed by atoms with Gasteiger partial charge >= 0.3 is 0 Å². The summed E-state index contributed by atoms with van der Waals surface area (Å²) in [5, 5.41) is 4.52. The quantitative estimate of drug-likeness (QED) is 0.850. The molecule has 2 N–H and O–H groups in total. The van der Waals surface area contributed by atoms with E-state index in [9.17, 15) is 0 Å². The highest BCUT2D eigenvalue weighted by atomic mass is 32.2. The molecule has 1 fully saturated rings. The molecular weight excluding hydrogens is 258 g/mol. The SMILES string of the molecule is Cc1cc(N)cc(-c2nc(C3CCCS3)no2)c1C. The van der Waals surface area contributed by atoms with Gasteiger partial charge in [-0.1, -0.05) is 5.16 Å². The Balaban J connectivity index is 1.98. The van der Waals surface area contributed by atoms with Crippen molar-refractivity contribution in [1.29, 1.82) is 0 Å². The molecule has 0 radical (unpaired) electrons. The molecule has 0 saturated carbocycles. The molecule has 19 heavy (non-hydrogen) atoms. The summed E-state index contributed by atoms with van der Waals surface area (Å²) in [7, 11) is 0. The van der Waals surface area contributed by atoms with E-state index in [2.05, 4.69) is 17.1 Å². The summed E-state index contributed by atoms with van der Waals surface area (Å²) < 4.78 is 5.42. The number of aryl methyl sites for hydroxylation is 1. The zero-order valence-corrected chi connectivity index (χ0v) is 12.0. The topological polar surface area (TPSA) is 64.9 Å². The molecule has 1 unspecified atom stereocenters. The number of rotatable bonds is 2. The number of nitrogens with two attached hydrogens (primary N) is 1. The standard InChI is InChI=1S/C14H17N3OS/c1-8-6-10(15)7-11(9(8)2)14-16-13(17-18-14)12-4-3-5-19-12/h6-7,12H,3-5,15H2,1-2H3. The van der Waals surface area contributed by atoms with Gasteiger partial charge in [0.2, 0.25) is 0 Å². The first-order valence-corrected chi connectivity index (χ1v) is 7.52. The minimum atomic E-state index is 0.389. The lowest BCUT2D eigenvalue weighted by Gasteiger charge is -2.06. The third-order valence-electron chi connectivity index (χ3n) is 3.58. The number of nitrogen functional groups attached to an aromatic ring is 1. The largest absolute Gasteiger partial charge is 0.399 e.